The topological polar surface area (TPSA) is 42.0 Å². The summed E-state index contributed by atoms with van der Waals surface area (Å²) < 4.78 is 0. The summed E-state index contributed by atoms with van der Waals surface area (Å²) in [5.74, 6) is -0.326. The molecule has 1 amide bonds. The molecule has 20 heavy (non-hydrogen) atoms. The maximum Gasteiger partial charge on any atom is 0.271 e. The van der Waals surface area contributed by atoms with Gasteiger partial charge in [0.05, 0.1) is 11.1 Å². The molecule has 0 aliphatic rings. The van der Waals surface area contributed by atoms with Crippen LogP contribution in [0.25, 0.3) is 0 Å². The zero-order chi connectivity index (χ0) is 14.9. The van der Waals surface area contributed by atoms with Crippen LogP contribution in [-0.2, 0) is 0 Å². The fraction of sp³-hybridized carbons (Fsp3) is 0.286. The number of thiophene rings is 1. The highest BCUT2D eigenvalue weighted by Crippen LogP contribution is 2.26. The number of nitrogens with zero attached hydrogens (tertiary/aromatic N) is 1. The summed E-state index contributed by atoms with van der Waals surface area (Å²) in [6, 6.07) is 5.09. The van der Waals surface area contributed by atoms with Crippen LogP contribution in [0.4, 0.5) is 0 Å². The molecule has 106 valence electrons. The van der Waals surface area contributed by atoms with Crippen LogP contribution in [0.15, 0.2) is 18.2 Å². The summed E-state index contributed by atoms with van der Waals surface area (Å²) in [7, 11) is 0. The van der Waals surface area contributed by atoms with Crippen molar-refractivity contribution >= 4 is 40.4 Å². The van der Waals surface area contributed by atoms with E-state index in [1.807, 2.05) is 20.8 Å². The van der Waals surface area contributed by atoms with E-state index in [9.17, 15) is 4.79 Å². The van der Waals surface area contributed by atoms with Gasteiger partial charge in [0.25, 0.3) is 5.91 Å². The third-order valence-electron chi connectivity index (χ3n) is 2.92. The van der Waals surface area contributed by atoms with Gasteiger partial charge in [-0.2, -0.15) is 0 Å². The Morgan fingerprint density at radius 3 is 2.65 bits per heavy atom. The molecule has 2 heterocycles. The van der Waals surface area contributed by atoms with Crippen LogP contribution in [0, 0.1) is 13.8 Å². The number of aryl methyl sites for hydroxylation is 2. The molecule has 0 aliphatic heterocycles. The normalized spacial score (nSPS) is 12.2. The van der Waals surface area contributed by atoms with Gasteiger partial charge in [0.2, 0.25) is 0 Å². The molecule has 6 heteroatoms. The number of carbonyl (C=O) groups is 1. The molecular formula is C14H14Cl2N2OS. The minimum Gasteiger partial charge on any atom is -0.344 e. The first-order valence-corrected chi connectivity index (χ1v) is 7.65. The van der Waals surface area contributed by atoms with E-state index in [1.165, 1.54) is 9.75 Å². The number of rotatable bonds is 3. The Morgan fingerprint density at radius 2 is 2.05 bits per heavy atom. The maximum absolute atomic E-state index is 12.2. The third kappa shape index (κ3) is 3.32. The van der Waals surface area contributed by atoms with Gasteiger partial charge in [0.15, 0.2) is 0 Å². The summed E-state index contributed by atoms with van der Waals surface area (Å²) in [5.41, 5.74) is 1.26. The van der Waals surface area contributed by atoms with Crippen molar-refractivity contribution in [3.8, 4) is 0 Å². The molecule has 0 saturated heterocycles. The van der Waals surface area contributed by atoms with Gasteiger partial charge in [0.1, 0.15) is 10.8 Å². The molecule has 1 unspecified atom stereocenters. The monoisotopic (exact) mass is 328 g/mol. The number of amides is 1. The predicted molar refractivity (Wildman–Crippen MR) is 83.9 cm³/mol. The Bertz CT molecular complexity index is 655. The molecule has 2 rings (SSSR count). The van der Waals surface area contributed by atoms with Crippen LogP contribution in [0.1, 0.15) is 38.8 Å². The van der Waals surface area contributed by atoms with Crippen molar-refractivity contribution in [3.05, 3.63) is 49.4 Å². The summed E-state index contributed by atoms with van der Waals surface area (Å²) >= 11 is 13.5. The van der Waals surface area contributed by atoms with Crippen molar-refractivity contribution in [2.24, 2.45) is 0 Å². The highest BCUT2D eigenvalue weighted by atomic mass is 35.5. The van der Waals surface area contributed by atoms with E-state index in [-0.39, 0.29) is 27.8 Å². The number of pyridine rings is 1. The van der Waals surface area contributed by atoms with Crippen molar-refractivity contribution in [1.29, 1.82) is 0 Å². The molecule has 0 spiro atoms. The van der Waals surface area contributed by atoms with Crippen LogP contribution in [0.2, 0.25) is 10.2 Å². The summed E-state index contributed by atoms with van der Waals surface area (Å²) in [5, 5.41) is 3.43. The lowest BCUT2D eigenvalue weighted by molar-refractivity contribution is 0.0935. The van der Waals surface area contributed by atoms with Crippen LogP contribution in [0.5, 0.6) is 0 Å². The van der Waals surface area contributed by atoms with Gasteiger partial charge in [-0.25, -0.2) is 4.98 Å². The van der Waals surface area contributed by atoms with Crippen LogP contribution in [0.3, 0.4) is 0 Å². The van der Waals surface area contributed by atoms with E-state index in [0.29, 0.717) is 0 Å². The second-order valence-corrected chi connectivity index (χ2v) is 6.78. The number of nitrogens with one attached hydrogen (secondary N) is 1. The molecule has 0 bridgehead atoms. The summed E-state index contributed by atoms with van der Waals surface area (Å²) in [6.07, 6.45) is 0. The lowest BCUT2D eigenvalue weighted by atomic mass is 10.1. The van der Waals surface area contributed by atoms with Crippen molar-refractivity contribution in [2.45, 2.75) is 26.8 Å². The van der Waals surface area contributed by atoms with Gasteiger partial charge in [-0.05, 0) is 44.5 Å². The lowest BCUT2D eigenvalue weighted by Crippen LogP contribution is -2.27. The van der Waals surface area contributed by atoms with Crippen LogP contribution >= 0.6 is 34.5 Å². The van der Waals surface area contributed by atoms with Crippen molar-refractivity contribution < 1.29 is 4.79 Å². The molecule has 3 nitrogen and oxygen atoms in total. The molecular weight excluding hydrogens is 315 g/mol. The average molecular weight is 329 g/mol. The van der Waals surface area contributed by atoms with Crippen molar-refractivity contribution in [3.63, 3.8) is 0 Å². The predicted octanol–water partition coefficient (Wildman–Crippen LogP) is 4.56. The molecule has 0 fully saturated rings. The minimum atomic E-state index is -0.326. The second kappa shape index (κ2) is 6.12. The Labute approximate surface area is 131 Å². The molecule has 1 atom stereocenters. The molecule has 0 saturated carbocycles. The number of aromatic nitrogens is 1. The Balaban J connectivity index is 2.19. The third-order valence-corrected chi connectivity index (χ3v) is 4.42. The lowest BCUT2D eigenvalue weighted by Gasteiger charge is -2.14. The molecule has 0 aliphatic carbocycles. The molecule has 2 aromatic heterocycles. The molecule has 2 aromatic rings. The fourth-order valence-electron chi connectivity index (χ4n) is 2.00. The smallest absolute Gasteiger partial charge is 0.271 e. The zero-order valence-electron chi connectivity index (χ0n) is 11.3. The summed E-state index contributed by atoms with van der Waals surface area (Å²) in [4.78, 5) is 18.6. The van der Waals surface area contributed by atoms with Gasteiger partial charge >= 0.3 is 0 Å². The highest BCUT2D eigenvalue weighted by Gasteiger charge is 2.18. The fourth-order valence-corrected chi connectivity index (χ4v) is 3.36. The Kier molecular flexibility index (Phi) is 4.68. The van der Waals surface area contributed by atoms with E-state index >= 15 is 0 Å². The highest BCUT2D eigenvalue weighted by molar-refractivity contribution is 7.12. The van der Waals surface area contributed by atoms with Crippen molar-refractivity contribution in [1.82, 2.24) is 10.3 Å². The SMILES string of the molecule is Cc1cc(C(C)NC(=O)c2nc(Cl)ccc2Cl)c(C)s1. The van der Waals surface area contributed by atoms with E-state index < -0.39 is 0 Å². The standard InChI is InChI=1S/C14H14Cl2N2OS/c1-7-6-10(9(3)20-7)8(2)17-14(19)13-11(15)4-5-12(16)18-13/h4-6,8H,1-3H3,(H,17,19). The maximum atomic E-state index is 12.2. The molecule has 1 N–H and O–H groups in total. The average Bonchev–Trinajstić information content (AvgIpc) is 2.71. The van der Waals surface area contributed by atoms with Crippen LogP contribution < -0.4 is 5.32 Å². The van der Waals surface area contributed by atoms with Gasteiger partial charge in [-0.15, -0.1) is 11.3 Å². The van der Waals surface area contributed by atoms with E-state index in [1.54, 1.807) is 23.5 Å². The Hall–Kier alpha value is -1.10. The largest absolute Gasteiger partial charge is 0.344 e. The molecule has 0 radical (unpaired) electrons. The summed E-state index contributed by atoms with van der Waals surface area (Å²) in [6.45, 7) is 6.02. The first-order chi connectivity index (χ1) is 9.38. The number of halogens is 2. The zero-order valence-corrected chi connectivity index (χ0v) is 13.7. The van der Waals surface area contributed by atoms with Gasteiger partial charge in [-0.3, -0.25) is 4.79 Å². The number of hydrogen-bond acceptors (Lipinski definition) is 3. The van der Waals surface area contributed by atoms with E-state index in [0.717, 1.165) is 5.56 Å². The number of hydrogen-bond donors (Lipinski definition) is 1. The first-order valence-electron chi connectivity index (χ1n) is 6.08. The van der Waals surface area contributed by atoms with Crippen LogP contribution in [-0.4, -0.2) is 10.9 Å². The van der Waals surface area contributed by atoms with Gasteiger partial charge in [0, 0.05) is 9.75 Å². The second-order valence-electron chi connectivity index (χ2n) is 4.53. The Morgan fingerprint density at radius 1 is 1.35 bits per heavy atom. The minimum absolute atomic E-state index is 0.107. The molecule has 0 aromatic carbocycles. The van der Waals surface area contributed by atoms with Gasteiger partial charge in [-0.1, -0.05) is 23.2 Å². The van der Waals surface area contributed by atoms with Gasteiger partial charge < -0.3 is 5.32 Å². The first kappa shape index (κ1) is 15.3. The number of carbonyl (C=O) groups excluding carboxylic acids is 1. The van der Waals surface area contributed by atoms with E-state index in [2.05, 4.69) is 16.4 Å². The van der Waals surface area contributed by atoms with Crippen molar-refractivity contribution in [2.75, 3.05) is 0 Å². The quantitative estimate of drug-likeness (QED) is 0.839. The van der Waals surface area contributed by atoms with E-state index in [4.69, 9.17) is 23.2 Å².